The lowest BCUT2D eigenvalue weighted by atomic mass is 10.00. The van der Waals surface area contributed by atoms with E-state index in [1.807, 2.05) is 11.3 Å². The fraction of sp³-hybridized carbons (Fsp3) is 0.714. The molecule has 3 heteroatoms. The van der Waals surface area contributed by atoms with Crippen LogP contribution in [0.3, 0.4) is 0 Å². The lowest BCUT2D eigenvalue weighted by Gasteiger charge is -2.32. The van der Waals surface area contributed by atoms with Gasteiger partial charge in [-0.3, -0.25) is 0 Å². The average molecular weight is 253 g/mol. The molecule has 0 aromatic carbocycles. The van der Waals surface area contributed by atoms with Crippen molar-refractivity contribution in [3.8, 4) is 0 Å². The van der Waals surface area contributed by atoms with E-state index in [4.69, 9.17) is 4.74 Å². The average Bonchev–Trinajstić information content (AvgIpc) is 2.72. The van der Waals surface area contributed by atoms with E-state index in [9.17, 15) is 0 Å². The van der Waals surface area contributed by atoms with Crippen molar-refractivity contribution >= 4 is 11.3 Å². The van der Waals surface area contributed by atoms with Crippen molar-refractivity contribution in [2.45, 2.75) is 64.8 Å². The third-order valence-corrected chi connectivity index (χ3v) is 4.43. The molecule has 1 fully saturated rings. The normalized spacial score (nSPS) is 29.5. The number of nitrogens with one attached hydrogen (secondary N) is 1. The molecule has 2 nitrogen and oxygen atoms in total. The SMILES string of the molecule is CCc1ccsc1CNC1CC(C)OC(C)C1. The van der Waals surface area contributed by atoms with E-state index in [2.05, 4.69) is 37.5 Å². The first-order valence-electron chi connectivity index (χ1n) is 6.63. The highest BCUT2D eigenvalue weighted by Gasteiger charge is 2.23. The summed E-state index contributed by atoms with van der Waals surface area (Å²) in [7, 11) is 0. The summed E-state index contributed by atoms with van der Waals surface area (Å²) in [6.45, 7) is 7.59. The second-order valence-electron chi connectivity index (χ2n) is 5.03. The van der Waals surface area contributed by atoms with E-state index >= 15 is 0 Å². The van der Waals surface area contributed by atoms with Gasteiger partial charge in [-0.05, 0) is 50.1 Å². The minimum atomic E-state index is 0.394. The van der Waals surface area contributed by atoms with Crippen LogP contribution in [0.25, 0.3) is 0 Å². The molecule has 1 N–H and O–H groups in total. The molecule has 1 saturated heterocycles. The Morgan fingerprint density at radius 3 is 2.71 bits per heavy atom. The number of rotatable bonds is 4. The van der Waals surface area contributed by atoms with E-state index in [0.29, 0.717) is 18.2 Å². The largest absolute Gasteiger partial charge is 0.375 e. The molecule has 2 heterocycles. The van der Waals surface area contributed by atoms with Gasteiger partial charge in [0.05, 0.1) is 12.2 Å². The van der Waals surface area contributed by atoms with Crippen LogP contribution >= 0.6 is 11.3 Å². The second kappa shape index (κ2) is 5.98. The zero-order valence-corrected chi connectivity index (χ0v) is 11.8. The van der Waals surface area contributed by atoms with Gasteiger partial charge in [-0.1, -0.05) is 6.92 Å². The highest BCUT2D eigenvalue weighted by Crippen LogP contribution is 2.21. The minimum Gasteiger partial charge on any atom is -0.375 e. The fourth-order valence-electron chi connectivity index (χ4n) is 2.65. The van der Waals surface area contributed by atoms with Crippen LogP contribution in [0.4, 0.5) is 0 Å². The lowest BCUT2D eigenvalue weighted by molar-refractivity contribution is -0.0422. The van der Waals surface area contributed by atoms with E-state index in [0.717, 1.165) is 25.8 Å². The van der Waals surface area contributed by atoms with Crippen LogP contribution in [0.5, 0.6) is 0 Å². The summed E-state index contributed by atoms with van der Waals surface area (Å²) in [5.74, 6) is 0. The first kappa shape index (κ1) is 13.1. The maximum absolute atomic E-state index is 5.76. The molecule has 0 amide bonds. The highest BCUT2D eigenvalue weighted by atomic mass is 32.1. The van der Waals surface area contributed by atoms with Crippen molar-refractivity contribution in [1.82, 2.24) is 5.32 Å². The second-order valence-corrected chi connectivity index (χ2v) is 6.03. The van der Waals surface area contributed by atoms with Gasteiger partial charge in [-0.25, -0.2) is 0 Å². The van der Waals surface area contributed by atoms with Crippen molar-refractivity contribution in [2.24, 2.45) is 0 Å². The first-order valence-corrected chi connectivity index (χ1v) is 7.51. The topological polar surface area (TPSA) is 21.3 Å². The Labute approximate surface area is 108 Å². The van der Waals surface area contributed by atoms with Gasteiger partial charge in [0.1, 0.15) is 0 Å². The summed E-state index contributed by atoms with van der Waals surface area (Å²) in [5, 5.41) is 5.89. The van der Waals surface area contributed by atoms with Crippen LogP contribution < -0.4 is 5.32 Å². The number of aryl methyl sites for hydroxylation is 1. The third-order valence-electron chi connectivity index (χ3n) is 3.47. The molecule has 0 bridgehead atoms. The monoisotopic (exact) mass is 253 g/mol. The van der Waals surface area contributed by atoms with Gasteiger partial charge in [-0.2, -0.15) is 0 Å². The summed E-state index contributed by atoms with van der Waals surface area (Å²) >= 11 is 1.87. The van der Waals surface area contributed by atoms with Crippen molar-refractivity contribution in [3.63, 3.8) is 0 Å². The van der Waals surface area contributed by atoms with Crippen molar-refractivity contribution < 1.29 is 4.74 Å². The maximum Gasteiger partial charge on any atom is 0.0565 e. The van der Waals surface area contributed by atoms with E-state index in [-0.39, 0.29) is 0 Å². The minimum absolute atomic E-state index is 0.394. The van der Waals surface area contributed by atoms with Crippen LogP contribution in [0.15, 0.2) is 11.4 Å². The molecule has 1 aromatic heterocycles. The highest BCUT2D eigenvalue weighted by molar-refractivity contribution is 7.10. The maximum atomic E-state index is 5.76. The zero-order chi connectivity index (χ0) is 12.3. The Morgan fingerprint density at radius 2 is 2.06 bits per heavy atom. The zero-order valence-electron chi connectivity index (χ0n) is 11.0. The molecule has 1 aliphatic rings. The summed E-state index contributed by atoms with van der Waals surface area (Å²) in [5.41, 5.74) is 1.50. The van der Waals surface area contributed by atoms with Gasteiger partial charge < -0.3 is 10.1 Å². The predicted octanol–water partition coefficient (Wildman–Crippen LogP) is 3.36. The lowest BCUT2D eigenvalue weighted by Crippen LogP contribution is -2.40. The van der Waals surface area contributed by atoms with Gasteiger partial charge in [-0.15, -0.1) is 11.3 Å². The van der Waals surface area contributed by atoms with Crippen molar-refractivity contribution in [1.29, 1.82) is 0 Å². The van der Waals surface area contributed by atoms with E-state index < -0.39 is 0 Å². The molecular weight excluding hydrogens is 230 g/mol. The molecular formula is C14H23NOS. The molecule has 1 aromatic rings. The van der Waals surface area contributed by atoms with Crippen molar-refractivity contribution in [2.75, 3.05) is 0 Å². The smallest absolute Gasteiger partial charge is 0.0565 e. The molecule has 0 spiro atoms. The standard InChI is InChI=1S/C14H23NOS/c1-4-12-5-6-17-14(12)9-15-13-7-10(2)16-11(3)8-13/h5-6,10-11,13,15H,4,7-9H2,1-3H3. The predicted molar refractivity (Wildman–Crippen MR) is 73.6 cm³/mol. The number of thiophene rings is 1. The molecule has 2 atom stereocenters. The summed E-state index contributed by atoms with van der Waals surface area (Å²) in [6, 6.07) is 2.86. The van der Waals surface area contributed by atoms with Crippen LogP contribution in [0, 0.1) is 0 Å². The molecule has 0 aliphatic carbocycles. The summed E-state index contributed by atoms with van der Waals surface area (Å²) in [4.78, 5) is 1.50. The van der Waals surface area contributed by atoms with Gasteiger partial charge in [0.25, 0.3) is 0 Å². The third kappa shape index (κ3) is 3.54. The summed E-state index contributed by atoms with van der Waals surface area (Å²) in [6.07, 6.45) is 4.20. The van der Waals surface area contributed by atoms with Crippen molar-refractivity contribution in [3.05, 3.63) is 21.9 Å². The van der Waals surface area contributed by atoms with Crippen LogP contribution in [0.1, 0.15) is 44.1 Å². The fourth-order valence-corrected chi connectivity index (χ4v) is 3.57. The number of hydrogen-bond acceptors (Lipinski definition) is 3. The molecule has 96 valence electrons. The van der Waals surface area contributed by atoms with Gasteiger partial charge in [0, 0.05) is 17.5 Å². The van der Waals surface area contributed by atoms with Crippen LogP contribution in [0.2, 0.25) is 0 Å². The summed E-state index contributed by atoms with van der Waals surface area (Å²) < 4.78 is 5.76. The Bertz CT molecular complexity index is 340. The number of ether oxygens (including phenoxy) is 1. The van der Waals surface area contributed by atoms with Gasteiger partial charge in [0.15, 0.2) is 0 Å². The molecule has 2 rings (SSSR count). The first-order chi connectivity index (χ1) is 8.19. The molecule has 0 radical (unpaired) electrons. The molecule has 0 saturated carbocycles. The van der Waals surface area contributed by atoms with Gasteiger partial charge in [0.2, 0.25) is 0 Å². The Hall–Kier alpha value is -0.380. The van der Waals surface area contributed by atoms with Gasteiger partial charge >= 0.3 is 0 Å². The van der Waals surface area contributed by atoms with E-state index in [1.54, 1.807) is 0 Å². The Kier molecular flexibility index (Phi) is 4.60. The van der Waals surface area contributed by atoms with Crippen LogP contribution in [-0.2, 0) is 17.7 Å². The van der Waals surface area contributed by atoms with E-state index in [1.165, 1.54) is 10.4 Å². The number of hydrogen-bond donors (Lipinski definition) is 1. The molecule has 17 heavy (non-hydrogen) atoms. The van der Waals surface area contributed by atoms with Crippen LogP contribution in [-0.4, -0.2) is 18.2 Å². The molecule has 1 aliphatic heterocycles. The quantitative estimate of drug-likeness (QED) is 0.888. The Balaban J connectivity index is 1.85. The Morgan fingerprint density at radius 1 is 1.35 bits per heavy atom. The molecule has 2 unspecified atom stereocenters.